The average Bonchev–Trinajstić information content (AvgIpc) is 2.41. The van der Waals surface area contributed by atoms with Gasteiger partial charge in [-0.25, -0.2) is 9.37 Å². The summed E-state index contributed by atoms with van der Waals surface area (Å²) in [5.41, 5.74) is 1.22. The van der Waals surface area contributed by atoms with Crippen LogP contribution in [0.15, 0.2) is 41.0 Å². The Morgan fingerprint density at radius 2 is 2.16 bits per heavy atom. The van der Waals surface area contributed by atoms with Crippen molar-refractivity contribution in [3.8, 4) is 0 Å². The molecule has 2 N–H and O–H groups in total. The summed E-state index contributed by atoms with van der Waals surface area (Å²) in [6, 6.07) is 8.53. The van der Waals surface area contributed by atoms with Crippen LogP contribution in [0.2, 0.25) is 0 Å². The minimum Gasteiger partial charge on any atom is -0.370 e. The van der Waals surface area contributed by atoms with Gasteiger partial charge in [-0.05, 0) is 40.5 Å². The molecule has 0 atom stereocenters. The number of nitrogens with zero attached hydrogens (tertiary/aromatic N) is 1. The van der Waals surface area contributed by atoms with Crippen molar-refractivity contribution in [1.29, 1.82) is 0 Å². The molecule has 100 valence electrons. The zero-order chi connectivity index (χ0) is 13.7. The van der Waals surface area contributed by atoms with Gasteiger partial charge in [0.1, 0.15) is 11.6 Å². The van der Waals surface area contributed by atoms with Gasteiger partial charge in [0.15, 0.2) is 0 Å². The molecule has 0 bridgehead atoms. The Bertz CT molecular complexity index is 540. The summed E-state index contributed by atoms with van der Waals surface area (Å²) in [6.07, 6.45) is 2.72. The van der Waals surface area contributed by atoms with E-state index < -0.39 is 0 Å². The number of hydrogen-bond donors (Lipinski definition) is 2. The SMILES string of the molecule is CCCNc1cc(Nc2c(F)cccc2Br)ccn1. The van der Waals surface area contributed by atoms with Crippen molar-refractivity contribution in [3.63, 3.8) is 0 Å². The molecule has 0 radical (unpaired) electrons. The topological polar surface area (TPSA) is 37.0 Å². The van der Waals surface area contributed by atoms with Gasteiger partial charge in [-0.1, -0.05) is 13.0 Å². The molecule has 1 heterocycles. The second-order valence-electron chi connectivity index (χ2n) is 4.08. The number of pyridine rings is 1. The van der Waals surface area contributed by atoms with Crippen LogP contribution in [0, 0.1) is 5.82 Å². The molecule has 0 fully saturated rings. The Morgan fingerprint density at radius 1 is 1.32 bits per heavy atom. The fraction of sp³-hybridized carbons (Fsp3) is 0.214. The van der Waals surface area contributed by atoms with Gasteiger partial charge in [-0.3, -0.25) is 0 Å². The second kappa shape index (κ2) is 6.52. The first-order valence-corrected chi connectivity index (χ1v) is 6.91. The maximum Gasteiger partial charge on any atom is 0.147 e. The number of anilines is 3. The Hall–Kier alpha value is -1.62. The highest BCUT2D eigenvalue weighted by Gasteiger charge is 2.06. The highest BCUT2D eigenvalue weighted by molar-refractivity contribution is 9.10. The van der Waals surface area contributed by atoms with E-state index in [4.69, 9.17) is 0 Å². The first-order valence-electron chi connectivity index (χ1n) is 6.11. The lowest BCUT2D eigenvalue weighted by atomic mass is 10.3. The van der Waals surface area contributed by atoms with Gasteiger partial charge in [0.2, 0.25) is 0 Å². The van der Waals surface area contributed by atoms with Crippen LogP contribution in [0.25, 0.3) is 0 Å². The highest BCUT2D eigenvalue weighted by atomic mass is 79.9. The summed E-state index contributed by atoms with van der Waals surface area (Å²) in [5, 5.41) is 6.25. The molecule has 0 aliphatic rings. The van der Waals surface area contributed by atoms with E-state index in [2.05, 4.69) is 38.5 Å². The third-order valence-electron chi connectivity index (χ3n) is 2.55. The van der Waals surface area contributed by atoms with Gasteiger partial charge >= 0.3 is 0 Å². The van der Waals surface area contributed by atoms with Crippen LogP contribution in [0.1, 0.15) is 13.3 Å². The van der Waals surface area contributed by atoms with E-state index in [0.29, 0.717) is 10.2 Å². The van der Waals surface area contributed by atoms with E-state index in [-0.39, 0.29) is 5.82 Å². The summed E-state index contributed by atoms with van der Waals surface area (Å²) >= 11 is 3.33. The number of para-hydroxylation sites is 1. The number of hydrogen-bond acceptors (Lipinski definition) is 3. The van der Waals surface area contributed by atoms with Crippen LogP contribution >= 0.6 is 15.9 Å². The van der Waals surface area contributed by atoms with E-state index >= 15 is 0 Å². The first-order chi connectivity index (χ1) is 9.20. The van der Waals surface area contributed by atoms with Gasteiger partial charge in [0.05, 0.1) is 5.69 Å². The molecule has 0 aliphatic heterocycles. The van der Waals surface area contributed by atoms with Gasteiger partial charge in [-0.15, -0.1) is 0 Å². The molecule has 19 heavy (non-hydrogen) atoms. The molecular formula is C14H15BrFN3. The molecule has 0 aliphatic carbocycles. The van der Waals surface area contributed by atoms with Crippen LogP contribution < -0.4 is 10.6 Å². The number of rotatable bonds is 5. The number of nitrogens with one attached hydrogen (secondary N) is 2. The fourth-order valence-corrected chi connectivity index (χ4v) is 2.06. The van der Waals surface area contributed by atoms with Gasteiger partial charge < -0.3 is 10.6 Å². The molecule has 0 amide bonds. The molecule has 2 aromatic rings. The Morgan fingerprint density at radius 3 is 2.89 bits per heavy atom. The lowest BCUT2D eigenvalue weighted by molar-refractivity contribution is 0.631. The molecule has 0 saturated heterocycles. The van der Waals surface area contributed by atoms with E-state index in [1.165, 1.54) is 6.07 Å². The monoisotopic (exact) mass is 323 g/mol. The lowest BCUT2D eigenvalue weighted by Crippen LogP contribution is -2.02. The maximum atomic E-state index is 13.7. The zero-order valence-electron chi connectivity index (χ0n) is 10.6. The van der Waals surface area contributed by atoms with Crippen molar-refractivity contribution >= 4 is 33.1 Å². The van der Waals surface area contributed by atoms with Crippen molar-refractivity contribution in [1.82, 2.24) is 4.98 Å². The highest BCUT2D eigenvalue weighted by Crippen LogP contribution is 2.28. The summed E-state index contributed by atoms with van der Waals surface area (Å²) in [6.45, 7) is 2.95. The Kier molecular flexibility index (Phi) is 4.74. The summed E-state index contributed by atoms with van der Waals surface area (Å²) in [5.74, 6) is 0.480. The zero-order valence-corrected chi connectivity index (χ0v) is 12.2. The largest absolute Gasteiger partial charge is 0.370 e. The van der Waals surface area contributed by atoms with Crippen molar-refractivity contribution in [2.24, 2.45) is 0 Å². The van der Waals surface area contributed by atoms with Gasteiger partial charge in [0, 0.05) is 29.0 Å². The summed E-state index contributed by atoms with van der Waals surface area (Å²) in [4.78, 5) is 4.21. The lowest BCUT2D eigenvalue weighted by Gasteiger charge is -2.11. The molecule has 2 rings (SSSR count). The second-order valence-corrected chi connectivity index (χ2v) is 4.93. The van der Waals surface area contributed by atoms with Crippen LogP contribution in [0.4, 0.5) is 21.6 Å². The van der Waals surface area contributed by atoms with E-state index in [9.17, 15) is 4.39 Å². The van der Waals surface area contributed by atoms with Crippen LogP contribution in [0.3, 0.4) is 0 Å². The summed E-state index contributed by atoms with van der Waals surface area (Å²) in [7, 11) is 0. The molecular weight excluding hydrogens is 309 g/mol. The first kappa shape index (κ1) is 13.8. The molecule has 0 unspecified atom stereocenters. The van der Waals surface area contributed by atoms with Crippen LogP contribution in [-0.4, -0.2) is 11.5 Å². The molecule has 3 nitrogen and oxygen atoms in total. The van der Waals surface area contributed by atoms with Crippen LogP contribution in [0.5, 0.6) is 0 Å². The number of benzene rings is 1. The molecule has 1 aromatic heterocycles. The number of aromatic nitrogens is 1. The third kappa shape index (κ3) is 3.67. The van der Waals surface area contributed by atoms with E-state index in [0.717, 1.165) is 24.5 Å². The summed E-state index contributed by atoms with van der Waals surface area (Å²) < 4.78 is 14.4. The Labute approximate surface area is 120 Å². The number of halogens is 2. The van der Waals surface area contributed by atoms with Crippen molar-refractivity contribution in [2.45, 2.75) is 13.3 Å². The van der Waals surface area contributed by atoms with Crippen LogP contribution in [-0.2, 0) is 0 Å². The van der Waals surface area contributed by atoms with Gasteiger partial charge in [-0.2, -0.15) is 0 Å². The minimum atomic E-state index is -0.297. The van der Waals surface area contributed by atoms with Crippen molar-refractivity contribution in [2.75, 3.05) is 17.2 Å². The standard InChI is InChI=1S/C14H15BrFN3/c1-2-7-17-13-9-10(6-8-18-13)19-14-11(15)4-3-5-12(14)16/h3-6,8-9H,2,7H2,1H3,(H2,17,18,19). The Balaban J connectivity index is 2.19. The average molecular weight is 324 g/mol. The van der Waals surface area contributed by atoms with Crippen molar-refractivity contribution < 1.29 is 4.39 Å². The molecule has 5 heteroatoms. The van der Waals surface area contributed by atoms with E-state index in [1.54, 1.807) is 24.4 Å². The van der Waals surface area contributed by atoms with E-state index in [1.807, 2.05) is 6.07 Å². The smallest absolute Gasteiger partial charge is 0.147 e. The predicted octanol–water partition coefficient (Wildman–Crippen LogP) is 4.55. The maximum absolute atomic E-state index is 13.7. The molecule has 0 saturated carbocycles. The fourth-order valence-electron chi connectivity index (χ4n) is 1.62. The third-order valence-corrected chi connectivity index (χ3v) is 3.21. The normalized spacial score (nSPS) is 10.3. The van der Waals surface area contributed by atoms with Crippen molar-refractivity contribution in [3.05, 3.63) is 46.8 Å². The van der Waals surface area contributed by atoms with Gasteiger partial charge in [0.25, 0.3) is 0 Å². The molecule has 0 spiro atoms. The minimum absolute atomic E-state index is 0.297. The predicted molar refractivity (Wildman–Crippen MR) is 80.4 cm³/mol. The quantitative estimate of drug-likeness (QED) is 0.847. The molecule has 1 aromatic carbocycles.